The van der Waals surface area contributed by atoms with Crippen molar-refractivity contribution in [3.63, 3.8) is 0 Å². The number of aryl methyl sites for hydroxylation is 1. The number of aromatic nitrogens is 1. The van der Waals surface area contributed by atoms with Gasteiger partial charge < -0.3 is 10.1 Å². The van der Waals surface area contributed by atoms with E-state index in [2.05, 4.69) is 10.3 Å². The third-order valence-electron chi connectivity index (χ3n) is 3.18. The smallest absolute Gasteiger partial charge is 0.154 e. The summed E-state index contributed by atoms with van der Waals surface area (Å²) in [6.45, 7) is 3.70. The first-order valence-electron chi connectivity index (χ1n) is 6.35. The normalized spacial score (nSPS) is 12.1. The van der Waals surface area contributed by atoms with E-state index in [1.165, 1.54) is 13.2 Å². The van der Waals surface area contributed by atoms with Gasteiger partial charge in [-0.25, -0.2) is 9.37 Å². The molecule has 2 aromatic rings. The molecular weight excluding hydrogens is 314 g/mol. The summed E-state index contributed by atoms with van der Waals surface area (Å²) in [6.07, 6.45) is 0. The second-order valence-electron chi connectivity index (χ2n) is 4.68. The first-order chi connectivity index (χ1) is 9.92. The Bertz CT molecular complexity index is 641. The summed E-state index contributed by atoms with van der Waals surface area (Å²) in [6, 6.07) is 6.16. The average Bonchev–Trinajstić information content (AvgIpc) is 2.42. The van der Waals surface area contributed by atoms with Crippen molar-refractivity contribution >= 4 is 28.9 Å². The van der Waals surface area contributed by atoms with Crippen LogP contribution in [-0.2, 0) is 0 Å². The molecule has 0 saturated carbocycles. The Hall–Kier alpha value is -1.52. The Kier molecular flexibility index (Phi) is 4.91. The highest BCUT2D eigenvalue weighted by molar-refractivity contribution is 6.34. The zero-order chi connectivity index (χ0) is 15.6. The van der Waals surface area contributed by atoms with E-state index in [4.69, 9.17) is 27.9 Å². The van der Waals surface area contributed by atoms with Crippen molar-refractivity contribution in [2.24, 2.45) is 0 Å². The van der Waals surface area contributed by atoms with Crippen LogP contribution >= 0.6 is 23.2 Å². The Balaban J connectivity index is 2.28. The molecule has 0 aliphatic heterocycles. The van der Waals surface area contributed by atoms with E-state index in [0.717, 1.165) is 5.56 Å². The SMILES string of the molecule is COc1ccc(C(C)Nc2c(C)cc(Cl)nc2Cl)c(F)c1. The molecule has 3 nitrogen and oxygen atoms in total. The minimum absolute atomic E-state index is 0.265. The molecule has 0 spiro atoms. The summed E-state index contributed by atoms with van der Waals surface area (Å²) in [7, 11) is 1.50. The molecule has 2 rings (SSSR count). The van der Waals surface area contributed by atoms with E-state index in [9.17, 15) is 4.39 Å². The molecule has 0 aliphatic rings. The number of nitrogens with one attached hydrogen (secondary N) is 1. The van der Waals surface area contributed by atoms with Gasteiger partial charge in [-0.3, -0.25) is 0 Å². The zero-order valence-electron chi connectivity index (χ0n) is 11.9. The summed E-state index contributed by atoms with van der Waals surface area (Å²) in [5, 5.41) is 3.76. The highest BCUT2D eigenvalue weighted by Gasteiger charge is 2.15. The number of hydrogen-bond donors (Lipinski definition) is 1. The average molecular weight is 329 g/mol. The van der Waals surface area contributed by atoms with Crippen molar-refractivity contribution in [2.75, 3.05) is 12.4 Å². The molecule has 112 valence electrons. The van der Waals surface area contributed by atoms with E-state index >= 15 is 0 Å². The van der Waals surface area contributed by atoms with Crippen molar-refractivity contribution in [1.29, 1.82) is 0 Å². The number of ether oxygens (including phenoxy) is 1. The molecule has 1 aromatic carbocycles. The molecule has 0 bridgehead atoms. The standard InChI is InChI=1S/C15H15Cl2FN2O/c1-8-6-13(16)20-15(17)14(8)19-9(2)11-5-4-10(21-3)7-12(11)18/h4-7,9,19H,1-3H3. The summed E-state index contributed by atoms with van der Waals surface area (Å²) >= 11 is 11.9. The van der Waals surface area contributed by atoms with Crippen molar-refractivity contribution in [3.05, 3.63) is 51.5 Å². The van der Waals surface area contributed by atoms with Gasteiger partial charge in [-0.05, 0) is 31.5 Å². The maximum absolute atomic E-state index is 14.1. The van der Waals surface area contributed by atoms with Gasteiger partial charge in [0, 0.05) is 11.6 Å². The Morgan fingerprint density at radius 2 is 2.00 bits per heavy atom. The fourth-order valence-electron chi connectivity index (χ4n) is 2.05. The fourth-order valence-corrected chi connectivity index (χ4v) is 2.64. The number of hydrogen-bond acceptors (Lipinski definition) is 3. The van der Waals surface area contributed by atoms with Crippen LogP contribution in [0.1, 0.15) is 24.1 Å². The van der Waals surface area contributed by atoms with E-state index in [-0.39, 0.29) is 17.0 Å². The second kappa shape index (κ2) is 6.50. The minimum atomic E-state index is -0.343. The first-order valence-corrected chi connectivity index (χ1v) is 7.10. The van der Waals surface area contributed by atoms with Crippen LogP contribution in [0, 0.1) is 12.7 Å². The summed E-state index contributed by atoms with van der Waals surface area (Å²) in [5.74, 6) is 0.135. The van der Waals surface area contributed by atoms with Crippen LogP contribution < -0.4 is 10.1 Å². The zero-order valence-corrected chi connectivity index (χ0v) is 13.4. The number of pyridine rings is 1. The number of halogens is 3. The van der Waals surface area contributed by atoms with E-state index in [1.807, 2.05) is 13.8 Å². The fraction of sp³-hybridized carbons (Fsp3) is 0.267. The van der Waals surface area contributed by atoms with Crippen molar-refractivity contribution in [3.8, 4) is 5.75 Å². The van der Waals surface area contributed by atoms with Crippen LogP contribution in [0.2, 0.25) is 10.3 Å². The van der Waals surface area contributed by atoms with Crippen LogP contribution in [0.15, 0.2) is 24.3 Å². The molecule has 21 heavy (non-hydrogen) atoms. The van der Waals surface area contributed by atoms with Gasteiger partial charge in [-0.2, -0.15) is 0 Å². The number of nitrogens with zero attached hydrogens (tertiary/aromatic N) is 1. The van der Waals surface area contributed by atoms with E-state index in [0.29, 0.717) is 22.2 Å². The predicted octanol–water partition coefficient (Wildman–Crippen LogP) is 5.02. The molecule has 0 saturated heterocycles. The quantitative estimate of drug-likeness (QED) is 0.800. The number of methoxy groups -OCH3 is 1. The van der Waals surface area contributed by atoms with Crippen LogP contribution in [0.3, 0.4) is 0 Å². The Morgan fingerprint density at radius 3 is 2.57 bits per heavy atom. The van der Waals surface area contributed by atoms with Gasteiger partial charge in [0.1, 0.15) is 16.7 Å². The molecule has 1 unspecified atom stereocenters. The highest BCUT2D eigenvalue weighted by Crippen LogP contribution is 2.31. The maximum Gasteiger partial charge on any atom is 0.154 e. The van der Waals surface area contributed by atoms with E-state index in [1.54, 1.807) is 18.2 Å². The lowest BCUT2D eigenvalue weighted by atomic mass is 10.1. The van der Waals surface area contributed by atoms with Crippen LogP contribution in [0.4, 0.5) is 10.1 Å². The summed E-state index contributed by atoms with van der Waals surface area (Å²) < 4.78 is 19.1. The lowest BCUT2D eigenvalue weighted by molar-refractivity contribution is 0.410. The molecule has 0 radical (unpaired) electrons. The van der Waals surface area contributed by atoms with Gasteiger partial charge in [0.2, 0.25) is 0 Å². The van der Waals surface area contributed by atoms with Crippen LogP contribution in [0.5, 0.6) is 5.75 Å². The summed E-state index contributed by atoms with van der Waals surface area (Å²) in [5.41, 5.74) is 2.01. The molecule has 1 N–H and O–H groups in total. The highest BCUT2D eigenvalue weighted by atomic mass is 35.5. The first kappa shape index (κ1) is 15.9. The van der Waals surface area contributed by atoms with Gasteiger partial charge in [-0.1, -0.05) is 29.3 Å². The number of rotatable bonds is 4. The van der Waals surface area contributed by atoms with Crippen LogP contribution in [0.25, 0.3) is 0 Å². The maximum atomic E-state index is 14.1. The summed E-state index contributed by atoms with van der Waals surface area (Å²) in [4.78, 5) is 3.99. The van der Waals surface area contributed by atoms with Gasteiger partial charge in [0.15, 0.2) is 5.15 Å². The molecule has 1 heterocycles. The van der Waals surface area contributed by atoms with Gasteiger partial charge in [0.25, 0.3) is 0 Å². The van der Waals surface area contributed by atoms with Crippen molar-refractivity contribution < 1.29 is 9.13 Å². The van der Waals surface area contributed by atoms with E-state index < -0.39 is 0 Å². The third kappa shape index (κ3) is 3.57. The number of benzene rings is 1. The van der Waals surface area contributed by atoms with Crippen LogP contribution in [-0.4, -0.2) is 12.1 Å². The topological polar surface area (TPSA) is 34.1 Å². The minimum Gasteiger partial charge on any atom is -0.497 e. The predicted molar refractivity (Wildman–Crippen MR) is 84.0 cm³/mol. The van der Waals surface area contributed by atoms with Crippen molar-refractivity contribution in [2.45, 2.75) is 19.9 Å². The lowest BCUT2D eigenvalue weighted by Crippen LogP contribution is -2.10. The van der Waals surface area contributed by atoms with Gasteiger partial charge in [0.05, 0.1) is 18.8 Å². The molecule has 0 aliphatic carbocycles. The lowest BCUT2D eigenvalue weighted by Gasteiger charge is -2.19. The molecule has 0 fully saturated rings. The largest absolute Gasteiger partial charge is 0.497 e. The molecule has 0 amide bonds. The molecule has 1 atom stereocenters. The number of anilines is 1. The molecule has 6 heteroatoms. The monoisotopic (exact) mass is 328 g/mol. The molecular formula is C15H15Cl2FN2O. The van der Waals surface area contributed by atoms with Gasteiger partial charge in [-0.15, -0.1) is 0 Å². The molecule has 1 aromatic heterocycles. The van der Waals surface area contributed by atoms with Crippen molar-refractivity contribution in [1.82, 2.24) is 4.98 Å². The second-order valence-corrected chi connectivity index (χ2v) is 5.43. The van der Waals surface area contributed by atoms with Gasteiger partial charge >= 0.3 is 0 Å². The third-order valence-corrected chi connectivity index (χ3v) is 3.64. The Labute approximate surface area is 133 Å². The Morgan fingerprint density at radius 1 is 1.29 bits per heavy atom.